The smallest absolute Gasteiger partial charge is 0.214 e. The van der Waals surface area contributed by atoms with Crippen LogP contribution in [0.5, 0.6) is 0 Å². The molecule has 78 valence electrons. The molecule has 1 rings (SSSR count). The Bertz CT molecular complexity index is 264. The summed E-state index contributed by atoms with van der Waals surface area (Å²) in [5.74, 6) is 0.148. The number of hydrogen-bond donors (Lipinski definition) is 2. The van der Waals surface area contributed by atoms with Gasteiger partial charge < -0.3 is 10.2 Å². The molecule has 2 unspecified atom stereocenters. The number of hydrogen-bond acceptors (Lipinski definition) is 4. The van der Waals surface area contributed by atoms with Crippen LogP contribution in [0.1, 0.15) is 13.3 Å². The molecule has 6 heteroatoms. The van der Waals surface area contributed by atoms with Crippen LogP contribution in [0.15, 0.2) is 0 Å². The molecule has 0 radical (unpaired) electrons. The third-order valence-electron chi connectivity index (χ3n) is 2.34. The van der Waals surface area contributed by atoms with E-state index in [4.69, 9.17) is 5.11 Å². The van der Waals surface area contributed by atoms with E-state index >= 15 is 0 Å². The maximum atomic E-state index is 11.4. The second-order valence-corrected chi connectivity index (χ2v) is 5.31. The Labute approximate surface area is 78.0 Å². The summed E-state index contributed by atoms with van der Waals surface area (Å²) in [6.45, 7) is 1.64. The van der Waals surface area contributed by atoms with E-state index in [1.165, 1.54) is 4.31 Å². The van der Waals surface area contributed by atoms with E-state index in [0.29, 0.717) is 13.0 Å². The van der Waals surface area contributed by atoms with Gasteiger partial charge in [0.15, 0.2) is 0 Å². The standard InChI is InChI=1S/C7H15NO4S/c1-6(7(10)5-9)8-3-2-4-13(8,11)12/h6-7,9-10H,2-5H2,1H3. The molecule has 0 aromatic heterocycles. The van der Waals surface area contributed by atoms with Gasteiger partial charge >= 0.3 is 0 Å². The van der Waals surface area contributed by atoms with Crippen molar-refractivity contribution in [2.75, 3.05) is 18.9 Å². The predicted molar refractivity (Wildman–Crippen MR) is 47.7 cm³/mol. The van der Waals surface area contributed by atoms with Gasteiger partial charge in [-0.3, -0.25) is 0 Å². The molecule has 0 aromatic rings. The Hall–Kier alpha value is -0.170. The quantitative estimate of drug-likeness (QED) is 0.609. The van der Waals surface area contributed by atoms with E-state index < -0.39 is 28.8 Å². The summed E-state index contributed by atoms with van der Waals surface area (Å²) in [6.07, 6.45) is -0.391. The van der Waals surface area contributed by atoms with E-state index in [-0.39, 0.29) is 5.75 Å². The van der Waals surface area contributed by atoms with Crippen LogP contribution in [0.3, 0.4) is 0 Å². The lowest BCUT2D eigenvalue weighted by Crippen LogP contribution is -2.43. The Kier molecular flexibility index (Phi) is 3.28. The lowest BCUT2D eigenvalue weighted by Gasteiger charge is -2.25. The second-order valence-electron chi connectivity index (χ2n) is 3.27. The second kappa shape index (κ2) is 3.91. The average molecular weight is 209 g/mol. The molecule has 0 spiro atoms. The summed E-state index contributed by atoms with van der Waals surface area (Å²) in [6, 6.07) is -0.530. The molecule has 1 aliphatic heterocycles. The van der Waals surface area contributed by atoms with Crippen molar-refractivity contribution in [3.05, 3.63) is 0 Å². The molecule has 1 saturated heterocycles. The van der Waals surface area contributed by atoms with Gasteiger partial charge in [-0.1, -0.05) is 0 Å². The average Bonchev–Trinajstić information content (AvgIpc) is 2.42. The van der Waals surface area contributed by atoms with Crippen molar-refractivity contribution in [3.8, 4) is 0 Å². The first-order chi connectivity index (χ1) is 5.99. The van der Waals surface area contributed by atoms with E-state index in [1.807, 2.05) is 0 Å². The molecule has 0 amide bonds. The van der Waals surface area contributed by atoms with Crippen molar-refractivity contribution >= 4 is 10.0 Å². The van der Waals surface area contributed by atoms with Crippen LogP contribution in [-0.4, -0.2) is 54.0 Å². The fraction of sp³-hybridized carbons (Fsp3) is 1.00. The van der Waals surface area contributed by atoms with Gasteiger partial charge in [0.05, 0.1) is 24.5 Å². The minimum absolute atomic E-state index is 0.148. The van der Waals surface area contributed by atoms with E-state index in [1.54, 1.807) is 6.92 Å². The summed E-state index contributed by atoms with van der Waals surface area (Å²) >= 11 is 0. The van der Waals surface area contributed by atoms with Gasteiger partial charge in [-0.2, -0.15) is 4.31 Å². The first-order valence-electron chi connectivity index (χ1n) is 4.27. The topological polar surface area (TPSA) is 77.8 Å². The molecule has 1 aliphatic rings. The van der Waals surface area contributed by atoms with Crippen LogP contribution in [0.2, 0.25) is 0 Å². The first kappa shape index (κ1) is 10.9. The van der Waals surface area contributed by atoms with Crippen LogP contribution < -0.4 is 0 Å². The lowest BCUT2D eigenvalue weighted by molar-refractivity contribution is 0.0467. The highest BCUT2D eigenvalue weighted by molar-refractivity contribution is 7.89. The Balaban J connectivity index is 2.72. The predicted octanol–water partition coefficient (Wildman–Crippen LogP) is -1.24. The van der Waals surface area contributed by atoms with Crippen LogP contribution in [-0.2, 0) is 10.0 Å². The molecular weight excluding hydrogens is 194 g/mol. The van der Waals surface area contributed by atoms with Crippen LogP contribution in [0, 0.1) is 0 Å². The molecule has 0 aliphatic carbocycles. The molecule has 1 heterocycles. The van der Waals surface area contributed by atoms with Gasteiger partial charge in [0, 0.05) is 6.54 Å². The molecule has 2 N–H and O–H groups in total. The fourth-order valence-electron chi connectivity index (χ4n) is 1.46. The van der Waals surface area contributed by atoms with Crippen LogP contribution >= 0.6 is 0 Å². The summed E-state index contributed by atoms with van der Waals surface area (Å²) in [4.78, 5) is 0. The Morgan fingerprint density at radius 1 is 1.54 bits per heavy atom. The minimum Gasteiger partial charge on any atom is -0.394 e. The lowest BCUT2D eigenvalue weighted by atomic mass is 10.2. The van der Waals surface area contributed by atoms with Crippen LogP contribution in [0.25, 0.3) is 0 Å². The zero-order chi connectivity index (χ0) is 10.1. The van der Waals surface area contributed by atoms with Gasteiger partial charge in [-0.15, -0.1) is 0 Å². The van der Waals surface area contributed by atoms with Crippen molar-refractivity contribution in [2.24, 2.45) is 0 Å². The van der Waals surface area contributed by atoms with E-state index in [0.717, 1.165) is 0 Å². The maximum Gasteiger partial charge on any atom is 0.214 e. The molecule has 0 aromatic carbocycles. The molecule has 0 bridgehead atoms. The Morgan fingerprint density at radius 3 is 2.54 bits per heavy atom. The van der Waals surface area contributed by atoms with Crippen molar-refractivity contribution in [1.29, 1.82) is 0 Å². The number of nitrogens with zero attached hydrogens (tertiary/aromatic N) is 1. The highest BCUT2D eigenvalue weighted by atomic mass is 32.2. The third kappa shape index (κ3) is 2.19. The van der Waals surface area contributed by atoms with E-state index in [2.05, 4.69) is 0 Å². The zero-order valence-corrected chi connectivity index (χ0v) is 8.37. The Morgan fingerprint density at radius 2 is 2.15 bits per heavy atom. The molecule has 1 fully saturated rings. The van der Waals surface area contributed by atoms with Crippen LogP contribution in [0.4, 0.5) is 0 Å². The van der Waals surface area contributed by atoms with Crippen molar-refractivity contribution < 1.29 is 18.6 Å². The zero-order valence-electron chi connectivity index (χ0n) is 7.55. The van der Waals surface area contributed by atoms with Crippen molar-refractivity contribution in [1.82, 2.24) is 4.31 Å². The maximum absolute atomic E-state index is 11.4. The number of rotatable bonds is 3. The van der Waals surface area contributed by atoms with Gasteiger partial charge in [-0.05, 0) is 13.3 Å². The summed E-state index contributed by atoms with van der Waals surface area (Å²) < 4.78 is 24.0. The molecule has 13 heavy (non-hydrogen) atoms. The molecule has 2 atom stereocenters. The van der Waals surface area contributed by atoms with Crippen molar-refractivity contribution in [2.45, 2.75) is 25.5 Å². The highest BCUT2D eigenvalue weighted by Gasteiger charge is 2.34. The molecule has 0 saturated carbocycles. The third-order valence-corrected chi connectivity index (χ3v) is 4.37. The van der Waals surface area contributed by atoms with Gasteiger partial charge in [0.2, 0.25) is 10.0 Å². The number of sulfonamides is 1. The fourth-order valence-corrected chi connectivity index (χ4v) is 3.24. The molecule has 5 nitrogen and oxygen atoms in total. The van der Waals surface area contributed by atoms with Crippen molar-refractivity contribution in [3.63, 3.8) is 0 Å². The normalized spacial score (nSPS) is 27.3. The number of aliphatic hydroxyl groups is 2. The van der Waals surface area contributed by atoms with E-state index in [9.17, 15) is 13.5 Å². The summed E-state index contributed by atoms with van der Waals surface area (Å²) in [5, 5.41) is 17.9. The summed E-state index contributed by atoms with van der Waals surface area (Å²) in [5.41, 5.74) is 0. The van der Waals surface area contributed by atoms with Gasteiger partial charge in [0.1, 0.15) is 0 Å². The highest BCUT2D eigenvalue weighted by Crippen LogP contribution is 2.18. The monoisotopic (exact) mass is 209 g/mol. The largest absolute Gasteiger partial charge is 0.394 e. The number of aliphatic hydroxyl groups excluding tert-OH is 2. The van der Waals surface area contributed by atoms with Gasteiger partial charge in [-0.25, -0.2) is 8.42 Å². The van der Waals surface area contributed by atoms with Gasteiger partial charge in [0.25, 0.3) is 0 Å². The first-order valence-corrected chi connectivity index (χ1v) is 5.88. The molecular formula is C7H15NO4S. The minimum atomic E-state index is -3.18. The summed E-state index contributed by atoms with van der Waals surface area (Å²) in [7, 11) is -3.18. The SMILES string of the molecule is CC(C(O)CO)N1CCCS1(=O)=O.